The van der Waals surface area contributed by atoms with Crippen LogP contribution in [0, 0.1) is 0 Å². The largest absolute Gasteiger partial charge is 0.477 e. The Labute approximate surface area is 266 Å². The molecule has 2 fully saturated rings. The van der Waals surface area contributed by atoms with Crippen molar-refractivity contribution in [2.75, 3.05) is 33.0 Å². The van der Waals surface area contributed by atoms with E-state index in [4.69, 9.17) is 24.1 Å². The molecule has 0 bridgehead atoms. The van der Waals surface area contributed by atoms with Gasteiger partial charge in [-0.25, -0.2) is 4.79 Å². The molecule has 274 valence electrons. The lowest BCUT2D eigenvalue weighted by Gasteiger charge is -2.47. The average molecular weight is 693 g/mol. The van der Waals surface area contributed by atoms with Gasteiger partial charge in [-0.05, 0) is 0 Å². The summed E-state index contributed by atoms with van der Waals surface area (Å²) in [4.78, 5) is 36.0. The normalized spacial score (nSPS) is 35.2. The number of amides is 2. The van der Waals surface area contributed by atoms with E-state index < -0.39 is 149 Å². The van der Waals surface area contributed by atoms with Crippen molar-refractivity contribution in [2.45, 2.75) is 105 Å². The number of carbonyl (C=O) groups is 3. The maximum atomic E-state index is 12.4. The lowest BCUT2D eigenvalue weighted by molar-refractivity contribution is -0.328. The van der Waals surface area contributed by atoms with Crippen molar-refractivity contribution in [1.29, 1.82) is 0 Å². The number of rotatable bonds is 17. The highest BCUT2D eigenvalue weighted by Gasteiger charge is 2.56. The van der Waals surface area contributed by atoms with Crippen molar-refractivity contribution < 1.29 is 99.7 Å². The maximum Gasteiger partial charge on any atom is 0.364 e. The second kappa shape index (κ2) is 18.0. The fourth-order valence-electron chi connectivity index (χ4n) is 5.05. The molecule has 0 unspecified atom stereocenters. The molecule has 2 amide bonds. The van der Waals surface area contributed by atoms with Crippen LogP contribution >= 0.6 is 0 Å². The van der Waals surface area contributed by atoms with Crippen LogP contribution in [0.15, 0.2) is 0 Å². The molecule has 15 atom stereocenters. The zero-order valence-electron chi connectivity index (χ0n) is 25.0. The zero-order valence-corrected chi connectivity index (χ0v) is 25.0. The first-order chi connectivity index (χ1) is 22.0. The van der Waals surface area contributed by atoms with Crippen LogP contribution in [-0.4, -0.2) is 209 Å². The number of aliphatic hydroxyl groups is 12. The van der Waals surface area contributed by atoms with Crippen molar-refractivity contribution >= 4 is 17.8 Å². The summed E-state index contributed by atoms with van der Waals surface area (Å²) >= 11 is 0. The molecule has 0 radical (unpaired) electrons. The Morgan fingerprint density at radius 3 is 2.09 bits per heavy atom. The Kier molecular flexibility index (Phi) is 15.6. The number of carbonyl (C=O) groups excluding carboxylic acids is 2. The van der Waals surface area contributed by atoms with Crippen LogP contribution in [0.3, 0.4) is 0 Å². The first-order valence-electron chi connectivity index (χ1n) is 14.3. The minimum absolute atomic E-state index is 0.781. The second-order valence-electron chi connectivity index (χ2n) is 11.1. The number of nitrogens with one attached hydrogen (secondary N) is 2. The molecule has 2 aliphatic heterocycles. The quantitative estimate of drug-likeness (QED) is 0.0672. The minimum Gasteiger partial charge on any atom is -0.477 e. The molecule has 2 heterocycles. The van der Waals surface area contributed by atoms with Gasteiger partial charge in [0, 0.05) is 13.3 Å². The lowest BCUT2D eigenvalue weighted by atomic mass is 9.88. The second-order valence-corrected chi connectivity index (χ2v) is 11.1. The molecule has 2 saturated heterocycles. The van der Waals surface area contributed by atoms with E-state index in [1.165, 1.54) is 0 Å². The van der Waals surface area contributed by atoms with E-state index in [1.807, 2.05) is 0 Å². The Morgan fingerprint density at radius 1 is 0.936 bits per heavy atom. The van der Waals surface area contributed by atoms with E-state index in [0.29, 0.717) is 0 Å². The van der Waals surface area contributed by atoms with Crippen molar-refractivity contribution in [3.05, 3.63) is 0 Å². The third kappa shape index (κ3) is 9.91. The molecule has 0 aromatic carbocycles. The summed E-state index contributed by atoms with van der Waals surface area (Å²) in [5, 5.41) is 136. The standard InChI is InChI=1S/C25H44N2O20/c1-8(32)26-9(3-28)21(46-23-20(41)19(40)18(39)13(5-30)45-23)17(38)12(35)7-44-25(24(42)43)2-10(33)15(27-14(36)6-31)22(47-25)16(37)11(34)4-29/h9-13,15-23,28-31,33-35,37-41H,2-7H2,1H3,(H,26,32)(H,27,36)(H,42,43)/t9-,10-,11+,12+,13+,15+,16+,17-,18-,19-,20+,21+,22+,23-,25+/m0/s1. The third-order valence-electron chi connectivity index (χ3n) is 7.63. The summed E-state index contributed by atoms with van der Waals surface area (Å²) in [5.74, 6) is -6.82. The molecule has 2 aliphatic rings. The Morgan fingerprint density at radius 2 is 1.57 bits per heavy atom. The zero-order chi connectivity index (χ0) is 35.8. The fraction of sp³-hybridized carbons (Fsp3) is 0.880. The number of hydrogen-bond donors (Lipinski definition) is 15. The van der Waals surface area contributed by atoms with Crippen LogP contribution in [0.1, 0.15) is 13.3 Å². The van der Waals surface area contributed by atoms with Gasteiger partial charge >= 0.3 is 5.97 Å². The molecular formula is C25H44N2O20. The Bertz CT molecular complexity index is 1020. The van der Waals surface area contributed by atoms with Crippen molar-refractivity contribution in [1.82, 2.24) is 10.6 Å². The summed E-state index contributed by atoms with van der Waals surface area (Å²) < 4.78 is 21.4. The third-order valence-corrected chi connectivity index (χ3v) is 7.63. The summed E-state index contributed by atoms with van der Waals surface area (Å²) in [5.41, 5.74) is 0. The van der Waals surface area contributed by atoms with E-state index in [0.717, 1.165) is 6.92 Å². The van der Waals surface area contributed by atoms with Crippen LogP contribution in [-0.2, 0) is 33.3 Å². The van der Waals surface area contributed by atoms with Crippen LogP contribution in [0.4, 0.5) is 0 Å². The summed E-state index contributed by atoms with van der Waals surface area (Å²) in [6.45, 7) is -4.22. The molecule has 2 rings (SSSR count). The van der Waals surface area contributed by atoms with E-state index in [9.17, 15) is 75.7 Å². The topological polar surface area (TPSA) is 375 Å². The van der Waals surface area contributed by atoms with Gasteiger partial charge in [0.2, 0.25) is 11.8 Å². The van der Waals surface area contributed by atoms with E-state index in [2.05, 4.69) is 10.6 Å². The van der Waals surface area contributed by atoms with Crippen molar-refractivity contribution in [2.24, 2.45) is 0 Å². The molecule has 0 saturated carbocycles. The van der Waals surface area contributed by atoms with Gasteiger partial charge < -0.3 is 96.0 Å². The molecule has 22 nitrogen and oxygen atoms in total. The smallest absolute Gasteiger partial charge is 0.364 e. The maximum absolute atomic E-state index is 12.4. The molecule has 15 N–H and O–H groups in total. The van der Waals surface area contributed by atoms with Crippen LogP contribution in [0.25, 0.3) is 0 Å². The number of aliphatic carboxylic acids is 1. The number of carboxylic acid groups (broad SMARTS) is 1. The van der Waals surface area contributed by atoms with E-state index in [1.54, 1.807) is 0 Å². The van der Waals surface area contributed by atoms with E-state index >= 15 is 0 Å². The summed E-state index contributed by atoms with van der Waals surface area (Å²) in [6.07, 6.45) is -24.8. The first-order valence-corrected chi connectivity index (χ1v) is 14.3. The van der Waals surface area contributed by atoms with E-state index in [-0.39, 0.29) is 0 Å². The van der Waals surface area contributed by atoms with Gasteiger partial charge in [-0.2, -0.15) is 0 Å². The minimum atomic E-state index is -2.97. The highest BCUT2D eigenvalue weighted by Crippen LogP contribution is 2.34. The van der Waals surface area contributed by atoms with Crippen molar-refractivity contribution in [3.8, 4) is 0 Å². The number of hydrogen-bond acceptors (Lipinski definition) is 19. The highest BCUT2D eigenvalue weighted by molar-refractivity contribution is 5.78. The fourth-order valence-corrected chi connectivity index (χ4v) is 5.05. The monoisotopic (exact) mass is 692 g/mol. The molecule has 22 heteroatoms. The average Bonchev–Trinajstić information content (AvgIpc) is 3.04. The number of ether oxygens (including phenoxy) is 4. The molecule has 47 heavy (non-hydrogen) atoms. The molecule has 0 spiro atoms. The lowest BCUT2D eigenvalue weighted by Crippen LogP contribution is -2.68. The van der Waals surface area contributed by atoms with Crippen LogP contribution < -0.4 is 10.6 Å². The van der Waals surface area contributed by atoms with Gasteiger partial charge in [0.05, 0.1) is 44.6 Å². The van der Waals surface area contributed by atoms with Crippen LogP contribution in [0.2, 0.25) is 0 Å². The summed E-state index contributed by atoms with van der Waals surface area (Å²) in [7, 11) is 0. The SMILES string of the molecule is CC(=O)N[C@@H](CO)[C@@H](O[C@@H]1O[C@H](CO)[C@H](O)[C@H](O)[C@H]1O)[C@@H](O)[C@H](O)CO[C@]1(C(=O)O)C[C@H](O)[C@@H](NC(=O)CO)[C@H]([C@H](O)[C@H](O)CO)O1. The van der Waals surface area contributed by atoms with Gasteiger partial charge in [0.25, 0.3) is 5.79 Å². The van der Waals surface area contributed by atoms with Crippen LogP contribution in [0.5, 0.6) is 0 Å². The van der Waals surface area contributed by atoms with Gasteiger partial charge in [-0.15, -0.1) is 0 Å². The Hall–Kier alpha value is -2.23. The highest BCUT2D eigenvalue weighted by atomic mass is 16.7. The Balaban J connectivity index is 2.36. The summed E-state index contributed by atoms with van der Waals surface area (Å²) in [6, 6.07) is -3.25. The van der Waals surface area contributed by atoms with Gasteiger partial charge in [0.1, 0.15) is 67.6 Å². The van der Waals surface area contributed by atoms with Gasteiger partial charge in [-0.1, -0.05) is 0 Å². The molecule has 0 aromatic rings. The van der Waals surface area contributed by atoms with Crippen molar-refractivity contribution in [3.63, 3.8) is 0 Å². The predicted octanol–water partition coefficient (Wildman–Crippen LogP) is -9.47. The van der Waals surface area contributed by atoms with Gasteiger partial charge in [0.15, 0.2) is 6.29 Å². The first kappa shape index (κ1) is 40.9. The molecule has 0 aliphatic carbocycles. The predicted molar refractivity (Wildman–Crippen MR) is 145 cm³/mol. The number of aliphatic hydroxyl groups excluding tert-OH is 12. The number of carboxylic acids is 1. The molecule has 0 aromatic heterocycles. The van der Waals surface area contributed by atoms with Gasteiger partial charge in [-0.3, -0.25) is 9.59 Å². The molecular weight excluding hydrogens is 648 g/mol.